The third-order valence-electron chi connectivity index (χ3n) is 4.40. The summed E-state index contributed by atoms with van der Waals surface area (Å²) in [7, 11) is 4.40. The number of carbonyl (C=O) groups excluding carboxylic acids is 1. The van der Waals surface area contributed by atoms with Gasteiger partial charge in [-0.15, -0.1) is 0 Å². The van der Waals surface area contributed by atoms with Crippen LogP contribution < -0.4 is 22.3 Å². The molecule has 0 heterocycles. The lowest BCUT2D eigenvalue weighted by molar-refractivity contribution is -0.887. The van der Waals surface area contributed by atoms with Gasteiger partial charge < -0.3 is 26.8 Å². The molecule has 0 bridgehead atoms. The molecule has 0 atom stereocenters. The van der Waals surface area contributed by atoms with Crippen molar-refractivity contribution in [3.05, 3.63) is 0 Å². The van der Waals surface area contributed by atoms with E-state index in [1.54, 1.807) is 0 Å². The van der Waals surface area contributed by atoms with Crippen LogP contribution in [0.25, 0.3) is 0 Å². The number of nitrogens with one attached hydrogen (secondary N) is 1. The molecule has 22 heavy (non-hydrogen) atoms. The van der Waals surface area contributed by atoms with Gasteiger partial charge in [-0.2, -0.15) is 0 Å². The predicted molar refractivity (Wildman–Crippen MR) is 92.4 cm³/mol. The van der Waals surface area contributed by atoms with Crippen molar-refractivity contribution in [1.82, 2.24) is 5.32 Å². The monoisotopic (exact) mass is 378 g/mol. The van der Waals surface area contributed by atoms with Gasteiger partial charge in [0.2, 0.25) is 5.91 Å². The summed E-state index contributed by atoms with van der Waals surface area (Å²) in [5, 5.41) is 3.04. The lowest BCUT2D eigenvalue weighted by atomic mass is 10.1. The molecule has 0 aliphatic heterocycles. The molecule has 4 heteroatoms. The Kier molecular flexibility index (Phi) is 17.3. The van der Waals surface area contributed by atoms with E-state index >= 15 is 0 Å². The molecule has 0 spiro atoms. The van der Waals surface area contributed by atoms with Gasteiger partial charge in [0.25, 0.3) is 0 Å². The van der Waals surface area contributed by atoms with E-state index in [2.05, 4.69) is 33.3 Å². The van der Waals surface area contributed by atoms with E-state index in [9.17, 15) is 4.79 Å². The minimum absolute atomic E-state index is 0. The lowest BCUT2D eigenvalue weighted by Gasteiger charge is -2.28. The summed E-state index contributed by atoms with van der Waals surface area (Å²) in [6.45, 7) is 7.36. The van der Waals surface area contributed by atoms with Crippen molar-refractivity contribution in [3.8, 4) is 0 Å². The number of likely N-dealkylation sites (N-methyl/N-ethyl adjacent to an activating group) is 1. The average Bonchev–Trinajstić information content (AvgIpc) is 2.45. The number of quaternary nitrogens is 1. The van der Waals surface area contributed by atoms with Gasteiger partial charge in [0, 0.05) is 6.42 Å². The Balaban J connectivity index is 0. The molecular weight excluding hydrogens is 340 g/mol. The Labute approximate surface area is 149 Å². The highest BCUT2D eigenvalue weighted by Gasteiger charge is 2.11. The summed E-state index contributed by atoms with van der Waals surface area (Å²) in [6.07, 6.45) is 12.4. The normalized spacial score (nSPS) is 11.1. The lowest BCUT2D eigenvalue weighted by Crippen LogP contribution is -3.00. The van der Waals surface area contributed by atoms with Crippen molar-refractivity contribution < 1.29 is 26.3 Å². The van der Waals surface area contributed by atoms with Crippen LogP contribution in [0.2, 0.25) is 0 Å². The second kappa shape index (κ2) is 15.8. The molecule has 0 rings (SSSR count). The van der Waals surface area contributed by atoms with E-state index in [4.69, 9.17) is 0 Å². The molecule has 0 radical (unpaired) electrons. The minimum atomic E-state index is 0. The van der Waals surface area contributed by atoms with Gasteiger partial charge in [0.05, 0.1) is 33.7 Å². The van der Waals surface area contributed by atoms with Crippen LogP contribution in [-0.4, -0.2) is 44.1 Å². The first kappa shape index (κ1) is 24.2. The number of nitrogens with zero attached hydrogens (tertiary/aromatic N) is 1. The smallest absolute Gasteiger partial charge is 0.220 e. The van der Waals surface area contributed by atoms with Crippen LogP contribution in [0.1, 0.15) is 78.1 Å². The molecule has 0 aromatic heterocycles. The number of halogens is 1. The van der Waals surface area contributed by atoms with Crippen molar-refractivity contribution in [2.45, 2.75) is 78.1 Å². The van der Waals surface area contributed by atoms with Crippen LogP contribution in [0, 0.1) is 0 Å². The highest BCUT2D eigenvalue weighted by molar-refractivity contribution is 5.75. The van der Waals surface area contributed by atoms with Gasteiger partial charge in [-0.25, -0.2) is 0 Å². The quantitative estimate of drug-likeness (QED) is 0.356. The van der Waals surface area contributed by atoms with E-state index in [0.29, 0.717) is 6.42 Å². The number of hydrogen-bond donors (Lipinski definition) is 1. The van der Waals surface area contributed by atoms with E-state index in [-0.39, 0.29) is 22.9 Å². The molecule has 0 saturated carbocycles. The van der Waals surface area contributed by atoms with E-state index in [1.807, 2.05) is 0 Å². The fraction of sp³-hybridized carbons (Fsp3) is 0.944. The van der Waals surface area contributed by atoms with Gasteiger partial charge in [-0.05, 0) is 13.3 Å². The number of amides is 1. The van der Waals surface area contributed by atoms with Gasteiger partial charge in [0.1, 0.15) is 0 Å². The molecule has 0 aromatic carbocycles. The maximum Gasteiger partial charge on any atom is 0.220 e. The van der Waals surface area contributed by atoms with Crippen molar-refractivity contribution >= 4 is 5.91 Å². The number of carbonyl (C=O) groups is 1. The topological polar surface area (TPSA) is 29.1 Å². The van der Waals surface area contributed by atoms with Gasteiger partial charge >= 0.3 is 0 Å². The molecule has 0 saturated heterocycles. The number of unbranched alkanes of at least 4 members (excludes halogenated alkanes) is 8. The Morgan fingerprint density at radius 3 is 1.86 bits per heavy atom. The van der Waals surface area contributed by atoms with Gasteiger partial charge in [0.15, 0.2) is 0 Å². The second-order valence-electron chi connectivity index (χ2n) is 6.90. The highest BCUT2D eigenvalue weighted by Crippen LogP contribution is 2.10. The molecule has 0 aliphatic carbocycles. The Morgan fingerprint density at radius 2 is 1.36 bits per heavy atom. The van der Waals surface area contributed by atoms with Crippen LogP contribution >= 0.6 is 0 Å². The molecule has 3 nitrogen and oxygen atoms in total. The largest absolute Gasteiger partial charge is 1.00 e. The Morgan fingerprint density at radius 1 is 0.864 bits per heavy atom. The summed E-state index contributed by atoms with van der Waals surface area (Å²) in [5.74, 6) is 0.231. The van der Waals surface area contributed by atoms with E-state index < -0.39 is 0 Å². The van der Waals surface area contributed by atoms with Crippen molar-refractivity contribution in [1.29, 1.82) is 0 Å². The highest BCUT2D eigenvalue weighted by atomic mass is 79.9. The third-order valence-corrected chi connectivity index (χ3v) is 4.40. The molecule has 1 N–H and O–H groups in total. The molecule has 0 aromatic rings. The van der Waals surface area contributed by atoms with Crippen LogP contribution in [0.3, 0.4) is 0 Å². The number of rotatable bonds is 14. The summed E-state index contributed by atoms with van der Waals surface area (Å²) in [5.41, 5.74) is 0. The van der Waals surface area contributed by atoms with E-state index in [1.165, 1.54) is 51.4 Å². The number of hydrogen-bond acceptors (Lipinski definition) is 1. The predicted octanol–water partition coefficient (Wildman–Crippen LogP) is 1.12. The summed E-state index contributed by atoms with van der Waals surface area (Å²) < 4.78 is 0.971. The molecular formula is C18H39BrN2O. The SMILES string of the molecule is CCCCCCCCCCCC(=O)NCC[N+](C)(C)CC.[Br-]. The standard InChI is InChI=1S/C18H38N2O.BrH/c1-5-7-8-9-10-11-12-13-14-15-18(21)19-16-17-20(3,4)6-2;/h5-17H2,1-4H3;1H. The zero-order chi connectivity index (χ0) is 16.0. The first-order valence-corrected chi connectivity index (χ1v) is 9.10. The molecule has 1 amide bonds. The van der Waals surface area contributed by atoms with Crippen LogP contribution in [-0.2, 0) is 4.79 Å². The third kappa shape index (κ3) is 16.3. The molecule has 0 fully saturated rings. The summed E-state index contributed by atoms with van der Waals surface area (Å²) in [6, 6.07) is 0. The van der Waals surface area contributed by atoms with Crippen molar-refractivity contribution in [3.63, 3.8) is 0 Å². The second-order valence-corrected chi connectivity index (χ2v) is 6.90. The fourth-order valence-electron chi connectivity index (χ4n) is 2.34. The summed E-state index contributed by atoms with van der Waals surface area (Å²) in [4.78, 5) is 11.7. The zero-order valence-corrected chi connectivity index (χ0v) is 17.0. The average molecular weight is 379 g/mol. The maximum absolute atomic E-state index is 11.7. The zero-order valence-electron chi connectivity index (χ0n) is 15.4. The van der Waals surface area contributed by atoms with Gasteiger partial charge in [-0.1, -0.05) is 58.3 Å². The van der Waals surface area contributed by atoms with Crippen LogP contribution in [0.15, 0.2) is 0 Å². The minimum Gasteiger partial charge on any atom is -1.00 e. The Bertz CT molecular complexity index is 257. The fourth-order valence-corrected chi connectivity index (χ4v) is 2.34. The molecule has 134 valence electrons. The molecule has 0 unspecified atom stereocenters. The Hall–Kier alpha value is -0.0900. The van der Waals surface area contributed by atoms with Crippen molar-refractivity contribution in [2.24, 2.45) is 0 Å². The van der Waals surface area contributed by atoms with Gasteiger partial charge in [-0.3, -0.25) is 4.79 Å². The molecule has 0 aliphatic rings. The van der Waals surface area contributed by atoms with Crippen LogP contribution in [0.5, 0.6) is 0 Å². The maximum atomic E-state index is 11.7. The van der Waals surface area contributed by atoms with Crippen molar-refractivity contribution in [2.75, 3.05) is 33.7 Å². The first-order chi connectivity index (χ1) is 10.0. The van der Waals surface area contributed by atoms with E-state index in [0.717, 1.165) is 30.5 Å². The first-order valence-electron chi connectivity index (χ1n) is 9.10. The van der Waals surface area contributed by atoms with Crippen LogP contribution in [0.4, 0.5) is 0 Å². The summed E-state index contributed by atoms with van der Waals surface area (Å²) >= 11 is 0.